The number of hydrogen-bond donors (Lipinski definition) is 1. The van der Waals surface area contributed by atoms with Crippen molar-refractivity contribution in [3.05, 3.63) is 71.0 Å². The summed E-state index contributed by atoms with van der Waals surface area (Å²) in [5.41, 5.74) is 7.93. The third-order valence-electron chi connectivity index (χ3n) is 3.43. The van der Waals surface area contributed by atoms with Gasteiger partial charge in [-0.1, -0.05) is 48.0 Å². The van der Waals surface area contributed by atoms with Crippen LogP contribution in [0.15, 0.2) is 54.6 Å². The molecule has 3 heteroatoms. The highest BCUT2D eigenvalue weighted by molar-refractivity contribution is 6.36. The van der Waals surface area contributed by atoms with E-state index >= 15 is 0 Å². The summed E-state index contributed by atoms with van der Waals surface area (Å²) in [6.45, 7) is 0.388. The van der Waals surface area contributed by atoms with Crippen LogP contribution >= 0.6 is 11.6 Å². The summed E-state index contributed by atoms with van der Waals surface area (Å²) >= 11 is 6.20. The first-order valence-electron chi connectivity index (χ1n) is 6.37. The molecule has 0 aliphatic rings. The van der Waals surface area contributed by atoms with Crippen LogP contribution in [-0.4, -0.2) is 0 Å². The van der Waals surface area contributed by atoms with Gasteiger partial charge < -0.3 is 5.73 Å². The van der Waals surface area contributed by atoms with Gasteiger partial charge >= 0.3 is 0 Å². The lowest BCUT2D eigenvalue weighted by Crippen LogP contribution is -1.97. The van der Waals surface area contributed by atoms with E-state index in [0.717, 1.165) is 21.9 Å². The van der Waals surface area contributed by atoms with Gasteiger partial charge in [0.1, 0.15) is 5.82 Å². The molecule has 3 aromatic carbocycles. The van der Waals surface area contributed by atoms with Gasteiger partial charge in [-0.3, -0.25) is 0 Å². The molecule has 0 atom stereocenters. The highest BCUT2D eigenvalue weighted by Crippen LogP contribution is 2.34. The van der Waals surface area contributed by atoms with Crippen molar-refractivity contribution in [1.82, 2.24) is 0 Å². The Morgan fingerprint density at radius 2 is 1.65 bits per heavy atom. The summed E-state index contributed by atoms with van der Waals surface area (Å²) in [6, 6.07) is 16.3. The zero-order valence-electron chi connectivity index (χ0n) is 10.7. The Balaban J connectivity index is 2.33. The molecule has 0 spiro atoms. The summed E-state index contributed by atoms with van der Waals surface area (Å²) in [7, 11) is 0. The number of benzene rings is 3. The minimum absolute atomic E-state index is 0.255. The van der Waals surface area contributed by atoms with Crippen LogP contribution in [0.3, 0.4) is 0 Å². The molecule has 3 aromatic rings. The van der Waals surface area contributed by atoms with Crippen molar-refractivity contribution in [2.75, 3.05) is 0 Å². The number of fused-ring (bicyclic) bond motifs is 1. The number of halogens is 2. The van der Waals surface area contributed by atoms with E-state index in [4.69, 9.17) is 17.3 Å². The summed E-state index contributed by atoms with van der Waals surface area (Å²) in [6.07, 6.45) is 0. The molecule has 100 valence electrons. The predicted molar refractivity (Wildman–Crippen MR) is 82.2 cm³/mol. The average molecular weight is 286 g/mol. The molecule has 0 aliphatic heterocycles. The highest BCUT2D eigenvalue weighted by atomic mass is 35.5. The first-order valence-corrected chi connectivity index (χ1v) is 6.74. The fourth-order valence-electron chi connectivity index (χ4n) is 2.40. The second kappa shape index (κ2) is 5.23. The van der Waals surface area contributed by atoms with Gasteiger partial charge in [0, 0.05) is 22.5 Å². The van der Waals surface area contributed by atoms with Crippen LogP contribution in [0.25, 0.3) is 21.9 Å². The minimum Gasteiger partial charge on any atom is -0.326 e. The molecule has 0 bridgehead atoms. The molecule has 0 aromatic heterocycles. The molecule has 0 unspecified atom stereocenters. The van der Waals surface area contributed by atoms with Crippen molar-refractivity contribution in [2.24, 2.45) is 5.73 Å². The standard InChI is InChI=1S/C17H13ClFN/c18-16-7-6-13(12-3-1-2-4-14(12)16)15-9-11(10-20)5-8-17(15)19/h1-9H,10,20H2. The van der Waals surface area contributed by atoms with Gasteiger partial charge in [-0.2, -0.15) is 0 Å². The van der Waals surface area contributed by atoms with E-state index in [1.54, 1.807) is 18.2 Å². The Hall–Kier alpha value is -1.90. The SMILES string of the molecule is NCc1ccc(F)c(-c2ccc(Cl)c3ccccc23)c1. The van der Waals surface area contributed by atoms with E-state index in [2.05, 4.69) is 0 Å². The Kier molecular flexibility index (Phi) is 3.43. The topological polar surface area (TPSA) is 26.0 Å². The van der Waals surface area contributed by atoms with Crippen LogP contribution in [0, 0.1) is 5.82 Å². The lowest BCUT2D eigenvalue weighted by Gasteiger charge is -2.10. The van der Waals surface area contributed by atoms with E-state index < -0.39 is 0 Å². The summed E-state index contributed by atoms with van der Waals surface area (Å²) in [5, 5.41) is 2.53. The third kappa shape index (κ3) is 2.17. The van der Waals surface area contributed by atoms with Crippen LogP contribution in [0.2, 0.25) is 5.02 Å². The molecule has 2 N–H and O–H groups in total. The van der Waals surface area contributed by atoms with Crippen LogP contribution in [0.1, 0.15) is 5.56 Å². The normalized spacial score (nSPS) is 10.9. The maximum Gasteiger partial charge on any atom is 0.131 e. The van der Waals surface area contributed by atoms with Crippen molar-refractivity contribution in [3.8, 4) is 11.1 Å². The zero-order valence-corrected chi connectivity index (χ0v) is 11.5. The first-order chi connectivity index (χ1) is 9.70. The van der Waals surface area contributed by atoms with Gasteiger partial charge in [-0.25, -0.2) is 4.39 Å². The molecule has 0 aliphatic carbocycles. The van der Waals surface area contributed by atoms with Crippen molar-refractivity contribution < 1.29 is 4.39 Å². The van der Waals surface area contributed by atoms with Crippen LogP contribution < -0.4 is 5.73 Å². The summed E-state index contributed by atoms with van der Waals surface area (Å²) < 4.78 is 14.1. The average Bonchev–Trinajstić information content (AvgIpc) is 2.49. The van der Waals surface area contributed by atoms with E-state index in [-0.39, 0.29) is 5.82 Å². The quantitative estimate of drug-likeness (QED) is 0.722. The van der Waals surface area contributed by atoms with E-state index in [1.165, 1.54) is 6.07 Å². The van der Waals surface area contributed by atoms with Crippen molar-refractivity contribution in [3.63, 3.8) is 0 Å². The van der Waals surface area contributed by atoms with E-state index in [0.29, 0.717) is 17.1 Å². The van der Waals surface area contributed by atoms with E-state index in [1.807, 2.05) is 30.3 Å². The Bertz CT molecular complexity index is 783. The second-order valence-electron chi connectivity index (χ2n) is 4.66. The fourth-order valence-corrected chi connectivity index (χ4v) is 2.63. The van der Waals surface area contributed by atoms with Gasteiger partial charge in [0.15, 0.2) is 0 Å². The molecule has 20 heavy (non-hydrogen) atoms. The van der Waals surface area contributed by atoms with Crippen LogP contribution in [0.5, 0.6) is 0 Å². The van der Waals surface area contributed by atoms with Crippen LogP contribution in [-0.2, 0) is 6.54 Å². The maximum atomic E-state index is 14.1. The molecule has 0 saturated carbocycles. The highest BCUT2D eigenvalue weighted by Gasteiger charge is 2.11. The smallest absolute Gasteiger partial charge is 0.131 e. The Labute approximate surface area is 121 Å². The van der Waals surface area contributed by atoms with Crippen LogP contribution in [0.4, 0.5) is 4.39 Å². The van der Waals surface area contributed by atoms with Gasteiger partial charge in [-0.15, -0.1) is 0 Å². The van der Waals surface area contributed by atoms with E-state index in [9.17, 15) is 4.39 Å². The van der Waals surface area contributed by atoms with Gasteiger partial charge in [0.05, 0.1) is 0 Å². The first kappa shape index (κ1) is 13.1. The van der Waals surface area contributed by atoms with Gasteiger partial charge in [0.2, 0.25) is 0 Å². The minimum atomic E-state index is -0.255. The molecule has 3 rings (SSSR count). The zero-order chi connectivity index (χ0) is 14.1. The number of rotatable bonds is 2. The Morgan fingerprint density at radius 3 is 2.40 bits per heavy atom. The maximum absolute atomic E-state index is 14.1. The lowest BCUT2D eigenvalue weighted by molar-refractivity contribution is 0.630. The van der Waals surface area contributed by atoms with Crippen molar-refractivity contribution in [2.45, 2.75) is 6.54 Å². The summed E-state index contributed by atoms with van der Waals surface area (Å²) in [4.78, 5) is 0. The Morgan fingerprint density at radius 1 is 0.900 bits per heavy atom. The fraction of sp³-hybridized carbons (Fsp3) is 0.0588. The number of hydrogen-bond acceptors (Lipinski definition) is 1. The largest absolute Gasteiger partial charge is 0.326 e. The number of nitrogens with two attached hydrogens (primary N) is 1. The summed E-state index contributed by atoms with van der Waals surface area (Å²) in [5.74, 6) is -0.255. The molecule has 0 saturated heterocycles. The monoisotopic (exact) mass is 285 g/mol. The van der Waals surface area contributed by atoms with Crippen molar-refractivity contribution in [1.29, 1.82) is 0 Å². The lowest BCUT2D eigenvalue weighted by atomic mass is 9.96. The van der Waals surface area contributed by atoms with Gasteiger partial charge in [-0.05, 0) is 34.7 Å². The molecular formula is C17H13ClFN. The molecule has 0 heterocycles. The third-order valence-corrected chi connectivity index (χ3v) is 3.76. The molecule has 0 amide bonds. The van der Waals surface area contributed by atoms with Gasteiger partial charge in [0.25, 0.3) is 0 Å². The molecule has 0 radical (unpaired) electrons. The molecular weight excluding hydrogens is 273 g/mol. The molecule has 1 nitrogen and oxygen atoms in total. The van der Waals surface area contributed by atoms with Crippen molar-refractivity contribution >= 4 is 22.4 Å². The second-order valence-corrected chi connectivity index (χ2v) is 5.07. The predicted octanol–water partition coefficient (Wildman–Crippen LogP) is 4.76. The molecule has 0 fully saturated rings.